The van der Waals surface area contributed by atoms with Crippen LogP contribution in [0.5, 0.6) is 0 Å². The number of imide groups is 1. The highest BCUT2D eigenvalue weighted by molar-refractivity contribution is 5.94. The second-order valence-corrected chi connectivity index (χ2v) is 5.34. The lowest BCUT2D eigenvalue weighted by Crippen LogP contribution is -2.43. The summed E-state index contributed by atoms with van der Waals surface area (Å²) in [6, 6.07) is -0.581. The summed E-state index contributed by atoms with van der Waals surface area (Å²) < 4.78 is 2.61. The molecule has 0 fully saturated rings. The van der Waals surface area contributed by atoms with E-state index in [4.69, 9.17) is 0 Å². The van der Waals surface area contributed by atoms with E-state index in [1.54, 1.807) is 7.05 Å². The second-order valence-electron chi connectivity index (χ2n) is 5.34. The van der Waals surface area contributed by atoms with Crippen molar-refractivity contribution in [3.05, 3.63) is 22.9 Å². The molecule has 0 unspecified atom stereocenters. The molecule has 0 saturated carbocycles. The van der Waals surface area contributed by atoms with Gasteiger partial charge in [-0.3, -0.25) is 24.2 Å². The van der Waals surface area contributed by atoms with Crippen molar-refractivity contribution in [1.29, 1.82) is 0 Å². The molecule has 2 N–H and O–H groups in total. The molecule has 2 aromatic rings. The Labute approximate surface area is 126 Å². The van der Waals surface area contributed by atoms with Crippen LogP contribution in [-0.4, -0.2) is 37.8 Å². The predicted molar refractivity (Wildman–Crippen MR) is 79.1 cm³/mol. The van der Waals surface area contributed by atoms with Crippen LogP contribution in [0.2, 0.25) is 0 Å². The molecule has 0 aliphatic carbocycles. The van der Waals surface area contributed by atoms with Gasteiger partial charge in [0.25, 0.3) is 5.56 Å². The molecule has 0 saturated heterocycles. The minimum Gasteiger partial charge on any atom is -0.338 e. The third kappa shape index (κ3) is 3.48. The van der Waals surface area contributed by atoms with E-state index in [-0.39, 0.29) is 18.0 Å². The summed E-state index contributed by atoms with van der Waals surface area (Å²) in [5, 5.41) is 8.99. The number of nitrogens with one attached hydrogen (secondary N) is 2. The lowest BCUT2D eigenvalue weighted by atomic mass is 10.2. The summed E-state index contributed by atoms with van der Waals surface area (Å²) >= 11 is 0. The number of aryl methyl sites for hydroxylation is 1. The molecular weight excluding hydrogens is 288 g/mol. The van der Waals surface area contributed by atoms with E-state index in [1.165, 1.54) is 17.2 Å². The van der Waals surface area contributed by atoms with E-state index >= 15 is 0 Å². The lowest BCUT2D eigenvalue weighted by Gasteiger charge is -2.09. The van der Waals surface area contributed by atoms with E-state index in [9.17, 15) is 14.4 Å². The van der Waals surface area contributed by atoms with Crippen molar-refractivity contribution in [2.45, 2.75) is 20.4 Å². The normalized spacial score (nSPS) is 10.9. The van der Waals surface area contributed by atoms with Gasteiger partial charge < -0.3 is 5.32 Å². The molecule has 118 valence electrons. The zero-order valence-electron chi connectivity index (χ0n) is 12.7. The number of rotatable bonds is 4. The summed E-state index contributed by atoms with van der Waals surface area (Å²) in [4.78, 5) is 39.5. The quantitative estimate of drug-likeness (QED) is 0.799. The van der Waals surface area contributed by atoms with Crippen LogP contribution in [-0.2, 0) is 18.4 Å². The molecule has 2 rings (SSSR count). The standard InChI is InChI=1S/C13H18N6O3/c1-8(2)4-14-13(22)17-10(20)6-19-7-15-11-9(12(19)21)5-16-18(11)3/h5,7-8H,4,6H2,1-3H3,(H2,14,17,20,22). The minimum absolute atomic E-state index is 0.278. The first-order chi connectivity index (χ1) is 10.4. The van der Waals surface area contributed by atoms with Crippen molar-refractivity contribution < 1.29 is 9.59 Å². The summed E-state index contributed by atoms with van der Waals surface area (Å²) in [6.45, 7) is 4.06. The van der Waals surface area contributed by atoms with Gasteiger partial charge in [-0.15, -0.1) is 0 Å². The first-order valence-electron chi connectivity index (χ1n) is 6.83. The number of nitrogens with zero attached hydrogens (tertiary/aromatic N) is 4. The Morgan fingerprint density at radius 3 is 2.77 bits per heavy atom. The van der Waals surface area contributed by atoms with Gasteiger partial charge in [-0.25, -0.2) is 9.78 Å². The highest BCUT2D eigenvalue weighted by Gasteiger charge is 2.12. The summed E-state index contributed by atoms with van der Waals surface area (Å²) in [7, 11) is 1.67. The first kappa shape index (κ1) is 15.7. The predicted octanol–water partition coefficient (Wildman–Crippen LogP) is -0.388. The van der Waals surface area contributed by atoms with Crippen molar-refractivity contribution in [3.8, 4) is 0 Å². The van der Waals surface area contributed by atoms with Crippen LogP contribution in [0, 0.1) is 5.92 Å². The number of hydrogen-bond donors (Lipinski definition) is 2. The van der Waals surface area contributed by atoms with Crippen molar-refractivity contribution in [2.75, 3.05) is 6.54 Å². The van der Waals surface area contributed by atoms with Gasteiger partial charge in [0.2, 0.25) is 5.91 Å². The zero-order chi connectivity index (χ0) is 16.3. The topological polar surface area (TPSA) is 111 Å². The molecule has 0 atom stereocenters. The van der Waals surface area contributed by atoms with Crippen molar-refractivity contribution in [3.63, 3.8) is 0 Å². The van der Waals surface area contributed by atoms with Crippen molar-refractivity contribution in [2.24, 2.45) is 13.0 Å². The maximum Gasteiger partial charge on any atom is 0.321 e. The van der Waals surface area contributed by atoms with E-state index in [2.05, 4.69) is 20.7 Å². The monoisotopic (exact) mass is 306 g/mol. The zero-order valence-corrected chi connectivity index (χ0v) is 12.7. The Kier molecular flexibility index (Phi) is 4.54. The highest BCUT2D eigenvalue weighted by Crippen LogP contribution is 2.02. The Balaban J connectivity index is 2.04. The van der Waals surface area contributed by atoms with Crippen LogP contribution in [0.15, 0.2) is 17.3 Å². The van der Waals surface area contributed by atoms with Gasteiger partial charge in [-0.05, 0) is 5.92 Å². The smallest absolute Gasteiger partial charge is 0.321 e. The number of carbonyl (C=O) groups excluding carboxylic acids is 2. The third-order valence-corrected chi connectivity index (χ3v) is 2.96. The molecule has 2 heterocycles. The number of urea groups is 1. The average molecular weight is 306 g/mol. The van der Waals surface area contributed by atoms with Crippen LogP contribution in [0.4, 0.5) is 4.79 Å². The highest BCUT2D eigenvalue weighted by atomic mass is 16.2. The third-order valence-electron chi connectivity index (χ3n) is 2.96. The number of aromatic nitrogens is 4. The van der Waals surface area contributed by atoms with Crippen LogP contribution in [0.25, 0.3) is 11.0 Å². The number of amides is 3. The molecule has 0 aliphatic heterocycles. The molecule has 9 heteroatoms. The molecule has 2 aromatic heterocycles. The number of fused-ring (bicyclic) bond motifs is 1. The number of carbonyl (C=O) groups is 2. The molecule has 0 bridgehead atoms. The second kappa shape index (κ2) is 6.37. The Morgan fingerprint density at radius 2 is 2.09 bits per heavy atom. The maximum atomic E-state index is 12.2. The Bertz CT molecular complexity index is 761. The van der Waals surface area contributed by atoms with E-state index in [0.29, 0.717) is 17.6 Å². The summed E-state index contributed by atoms with van der Waals surface area (Å²) in [5.74, 6) is -0.311. The average Bonchev–Trinajstić information content (AvgIpc) is 2.82. The molecule has 0 radical (unpaired) electrons. The Hall–Kier alpha value is -2.71. The molecule has 22 heavy (non-hydrogen) atoms. The van der Waals surface area contributed by atoms with Crippen molar-refractivity contribution in [1.82, 2.24) is 30.0 Å². The molecule has 0 spiro atoms. The summed E-state index contributed by atoms with van der Waals surface area (Å²) in [6.07, 6.45) is 2.66. The molecule has 0 aromatic carbocycles. The largest absolute Gasteiger partial charge is 0.338 e. The fourth-order valence-electron chi connectivity index (χ4n) is 1.84. The van der Waals surface area contributed by atoms with E-state index in [0.717, 1.165) is 4.57 Å². The molecule has 9 nitrogen and oxygen atoms in total. The summed E-state index contributed by atoms with van der Waals surface area (Å²) in [5.41, 5.74) is 0.0622. The van der Waals surface area contributed by atoms with Crippen LogP contribution in [0.1, 0.15) is 13.8 Å². The first-order valence-corrected chi connectivity index (χ1v) is 6.83. The molecule has 3 amide bonds. The van der Waals surface area contributed by atoms with Gasteiger partial charge in [0.05, 0.1) is 6.20 Å². The van der Waals surface area contributed by atoms with E-state index in [1.807, 2.05) is 13.8 Å². The van der Waals surface area contributed by atoms with E-state index < -0.39 is 11.9 Å². The SMILES string of the molecule is CC(C)CNC(=O)NC(=O)Cn1cnc2c(cnn2C)c1=O. The van der Waals surface area contributed by atoms with Crippen molar-refractivity contribution >= 4 is 23.0 Å². The maximum absolute atomic E-state index is 12.2. The van der Waals surface area contributed by atoms with Gasteiger partial charge >= 0.3 is 6.03 Å². The van der Waals surface area contributed by atoms with Gasteiger partial charge in [0.15, 0.2) is 5.65 Å². The van der Waals surface area contributed by atoms with Gasteiger partial charge in [0.1, 0.15) is 18.3 Å². The van der Waals surface area contributed by atoms with Crippen LogP contribution < -0.4 is 16.2 Å². The fourth-order valence-corrected chi connectivity index (χ4v) is 1.84. The number of hydrogen-bond acceptors (Lipinski definition) is 5. The van der Waals surface area contributed by atoms with Crippen LogP contribution in [0.3, 0.4) is 0 Å². The lowest BCUT2D eigenvalue weighted by molar-refractivity contribution is -0.120. The molecular formula is C13H18N6O3. The van der Waals surface area contributed by atoms with Gasteiger partial charge in [0, 0.05) is 13.6 Å². The fraction of sp³-hybridized carbons (Fsp3) is 0.462. The van der Waals surface area contributed by atoms with Gasteiger partial charge in [-0.2, -0.15) is 5.10 Å². The van der Waals surface area contributed by atoms with Crippen LogP contribution >= 0.6 is 0 Å². The molecule has 0 aliphatic rings. The van der Waals surface area contributed by atoms with Gasteiger partial charge in [-0.1, -0.05) is 13.8 Å². The minimum atomic E-state index is -0.589. The Morgan fingerprint density at radius 1 is 1.36 bits per heavy atom.